The highest BCUT2D eigenvalue weighted by Gasteiger charge is 1.97. The van der Waals surface area contributed by atoms with Crippen molar-refractivity contribution in [3.8, 4) is 0 Å². The van der Waals surface area contributed by atoms with Gasteiger partial charge in [0.05, 0.1) is 0 Å². The predicted molar refractivity (Wildman–Crippen MR) is 58.0 cm³/mol. The third-order valence-corrected chi connectivity index (χ3v) is 2.61. The van der Waals surface area contributed by atoms with Crippen LogP contribution in [-0.4, -0.2) is 4.98 Å². The van der Waals surface area contributed by atoms with Crippen LogP contribution in [0.3, 0.4) is 0 Å². The third-order valence-electron chi connectivity index (χ3n) is 2.61. The zero-order chi connectivity index (χ0) is 9.52. The smallest absolute Gasteiger partial charge is 0.00400 e. The maximum Gasteiger partial charge on any atom is 0.00400 e. The molecule has 1 rings (SSSR count). The van der Waals surface area contributed by atoms with Gasteiger partial charge >= 0.3 is 0 Å². The molecule has 0 aliphatic heterocycles. The lowest BCUT2D eigenvalue weighted by Crippen LogP contribution is -1.85. The van der Waals surface area contributed by atoms with Gasteiger partial charge in [-0.05, 0) is 30.9 Å². The van der Waals surface area contributed by atoms with E-state index in [9.17, 15) is 0 Å². The Labute approximate surface area is 81.6 Å². The minimum absolute atomic E-state index is 1.25. The van der Waals surface area contributed by atoms with Crippen molar-refractivity contribution >= 4 is 0 Å². The fourth-order valence-corrected chi connectivity index (χ4v) is 1.66. The molecule has 1 nitrogen and oxygen atoms in total. The summed E-state index contributed by atoms with van der Waals surface area (Å²) in [5.41, 5.74) is 2.91. The molecule has 0 unspecified atom stereocenters. The van der Waals surface area contributed by atoms with Gasteiger partial charge in [0.15, 0.2) is 0 Å². The fourth-order valence-electron chi connectivity index (χ4n) is 1.66. The number of hydrogen-bond donors (Lipinski definition) is 1. The van der Waals surface area contributed by atoms with Crippen molar-refractivity contribution in [2.75, 3.05) is 0 Å². The highest BCUT2D eigenvalue weighted by molar-refractivity contribution is 5.21. The maximum atomic E-state index is 3.15. The van der Waals surface area contributed by atoms with Crippen molar-refractivity contribution < 1.29 is 0 Å². The van der Waals surface area contributed by atoms with Crippen LogP contribution in [0.1, 0.15) is 50.2 Å². The number of nitrogens with one attached hydrogen (secondary N) is 1. The highest BCUT2D eigenvalue weighted by Crippen LogP contribution is 2.11. The van der Waals surface area contributed by atoms with Gasteiger partial charge in [0.2, 0.25) is 0 Å². The largest absolute Gasteiger partial charge is 0.367 e. The summed E-state index contributed by atoms with van der Waals surface area (Å²) < 4.78 is 0. The number of aromatic nitrogens is 1. The van der Waals surface area contributed by atoms with Gasteiger partial charge in [-0.3, -0.25) is 0 Å². The Morgan fingerprint density at radius 2 is 1.85 bits per heavy atom. The van der Waals surface area contributed by atoms with E-state index in [1.165, 1.54) is 49.7 Å². The van der Waals surface area contributed by atoms with Crippen LogP contribution in [0.15, 0.2) is 12.4 Å². The molecule has 1 heterocycles. The Kier molecular flexibility index (Phi) is 4.66. The molecule has 0 atom stereocenters. The molecule has 13 heavy (non-hydrogen) atoms. The molecule has 1 N–H and O–H groups in total. The number of unbranched alkanes of at least 4 members (excludes halogenated alkanes) is 4. The van der Waals surface area contributed by atoms with Crippen molar-refractivity contribution in [3.05, 3.63) is 23.5 Å². The second-order valence-electron chi connectivity index (χ2n) is 3.83. The molecule has 0 amide bonds. The summed E-state index contributed by atoms with van der Waals surface area (Å²) in [6.07, 6.45) is 12.3. The number of rotatable bonds is 6. The van der Waals surface area contributed by atoms with Crippen LogP contribution in [0, 0.1) is 6.92 Å². The fraction of sp³-hybridized carbons (Fsp3) is 0.667. The van der Waals surface area contributed by atoms with Gasteiger partial charge in [-0.15, -0.1) is 0 Å². The second-order valence-corrected chi connectivity index (χ2v) is 3.83. The van der Waals surface area contributed by atoms with E-state index in [4.69, 9.17) is 0 Å². The van der Waals surface area contributed by atoms with Crippen LogP contribution in [0.5, 0.6) is 0 Å². The van der Waals surface area contributed by atoms with Crippen molar-refractivity contribution in [2.45, 2.75) is 52.4 Å². The number of aromatic amines is 1. The SMILES string of the molecule is CCCCCCCc1c[nH]cc1C. The molecular weight excluding hydrogens is 158 g/mol. The summed E-state index contributed by atoms with van der Waals surface area (Å²) in [6, 6.07) is 0. The summed E-state index contributed by atoms with van der Waals surface area (Å²) in [6.45, 7) is 4.44. The van der Waals surface area contributed by atoms with Gasteiger partial charge < -0.3 is 4.98 Å². The Balaban J connectivity index is 2.10. The predicted octanol–water partition coefficient (Wildman–Crippen LogP) is 3.84. The molecule has 0 fully saturated rings. The van der Waals surface area contributed by atoms with Crippen LogP contribution < -0.4 is 0 Å². The first kappa shape index (κ1) is 10.4. The molecule has 0 aliphatic carbocycles. The molecule has 0 saturated heterocycles. The number of aryl methyl sites for hydroxylation is 2. The molecular formula is C12H21N. The summed E-state index contributed by atoms with van der Waals surface area (Å²) in [4.78, 5) is 3.15. The molecule has 1 heteroatoms. The molecule has 0 aromatic carbocycles. The maximum absolute atomic E-state index is 3.15. The lowest BCUT2D eigenvalue weighted by atomic mass is 10.1. The van der Waals surface area contributed by atoms with Gasteiger partial charge in [-0.25, -0.2) is 0 Å². The first-order chi connectivity index (χ1) is 6.34. The zero-order valence-electron chi connectivity index (χ0n) is 8.90. The highest BCUT2D eigenvalue weighted by atomic mass is 14.6. The minimum atomic E-state index is 1.25. The monoisotopic (exact) mass is 179 g/mol. The summed E-state index contributed by atoms with van der Waals surface area (Å²) in [5.74, 6) is 0. The third kappa shape index (κ3) is 3.67. The van der Waals surface area contributed by atoms with E-state index in [0.29, 0.717) is 0 Å². The minimum Gasteiger partial charge on any atom is -0.367 e. The van der Waals surface area contributed by atoms with Gasteiger partial charge in [-0.2, -0.15) is 0 Å². The zero-order valence-corrected chi connectivity index (χ0v) is 8.90. The summed E-state index contributed by atoms with van der Waals surface area (Å²) in [5, 5.41) is 0. The Morgan fingerprint density at radius 3 is 2.46 bits per heavy atom. The van der Waals surface area contributed by atoms with E-state index in [1.54, 1.807) is 0 Å². The van der Waals surface area contributed by atoms with E-state index in [-0.39, 0.29) is 0 Å². The van der Waals surface area contributed by atoms with Crippen LogP contribution >= 0.6 is 0 Å². The lowest BCUT2D eigenvalue weighted by molar-refractivity contribution is 0.632. The van der Waals surface area contributed by atoms with Crippen molar-refractivity contribution in [1.82, 2.24) is 4.98 Å². The average Bonchev–Trinajstić information content (AvgIpc) is 2.52. The van der Waals surface area contributed by atoms with Crippen LogP contribution in [0.4, 0.5) is 0 Å². The Morgan fingerprint density at radius 1 is 1.08 bits per heavy atom. The Hall–Kier alpha value is -0.720. The summed E-state index contributed by atoms with van der Waals surface area (Å²) >= 11 is 0. The molecule has 0 radical (unpaired) electrons. The topological polar surface area (TPSA) is 15.8 Å². The summed E-state index contributed by atoms with van der Waals surface area (Å²) in [7, 11) is 0. The van der Waals surface area contributed by atoms with Crippen LogP contribution in [0.25, 0.3) is 0 Å². The van der Waals surface area contributed by atoms with Crippen molar-refractivity contribution in [2.24, 2.45) is 0 Å². The van der Waals surface area contributed by atoms with Crippen LogP contribution in [0.2, 0.25) is 0 Å². The van der Waals surface area contributed by atoms with Crippen molar-refractivity contribution in [1.29, 1.82) is 0 Å². The lowest BCUT2D eigenvalue weighted by Gasteiger charge is -1.99. The van der Waals surface area contributed by atoms with E-state index in [2.05, 4.69) is 31.2 Å². The van der Waals surface area contributed by atoms with Crippen LogP contribution in [-0.2, 0) is 6.42 Å². The molecule has 0 bridgehead atoms. The van der Waals surface area contributed by atoms with E-state index >= 15 is 0 Å². The van der Waals surface area contributed by atoms with Gasteiger partial charge in [-0.1, -0.05) is 32.6 Å². The van der Waals surface area contributed by atoms with Gasteiger partial charge in [0.1, 0.15) is 0 Å². The normalized spacial score (nSPS) is 10.6. The second kappa shape index (κ2) is 5.85. The molecule has 0 aliphatic rings. The molecule has 1 aromatic rings. The van der Waals surface area contributed by atoms with E-state index < -0.39 is 0 Å². The van der Waals surface area contributed by atoms with E-state index in [0.717, 1.165) is 0 Å². The molecule has 0 saturated carbocycles. The van der Waals surface area contributed by atoms with Crippen molar-refractivity contribution in [3.63, 3.8) is 0 Å². The first-order valence-corrected chi connectivity index (χ1v) is 5.47. The van der Waals surface area contributed by atoms with Gasteiger partial charge in [0, 0.05) is 12.4 Å². The van der Waals surface area contributed by atoms with Gasteiger partial charge in [0.25, 0.3) is 0 Å². The first-order valence-electron chi connectivity index (χ1n) is 5.47. The molecule has 0 spiro atoms. The number of H-pyrrole nitrogens is 1. The number of hydrogen-bond acceptors (Lipinski definition) is 0. The quantitative estimate of drug-likeness (QED) is 0.639. The molecule has 1 aromatic heterocycles. The molecule has 74 valence electrons. The average molecular weight is 179 g/mol. The Bertz CT molecular complexity index is 225. The standard InChI is InChI=1S/C12H21N/c1-3-4-5-6-7-8-12-10-13-9-11(12)2/h9-10,13H,3-8H2,1-2H3. The van der Waals surface area contributed by atoms with E-state index in [1.807, 2.05) is 0 Å².